The topological polar surface area (TPSA) is 57.7 Å². The summed E-state index contributed by atoms with van der Waals surface area (Å²) in [5.74, 6) is -0.0550. The second-order valence-corrected chi connectivity index (χ2v) is 7.36. The molecule has 1 aliphatic rings. The molecule has 1 aliphatic heterocycles. The summed E-state index contributed by atoms with van der Waals surface area (Å²) in [4.78, 5) is 13.9. The third kappa shape index (κ3) is 3.55. The molecular weight excluding hydrogens is 332 g/mol. The lowest BCUT2D eigenvalue weighted by Crippen LogP contribution is -2.50. The minimum Gasteiger partial charge on any atom is -0.336 e. The van der Waals surface area contributed by atoms with E-state index in [0.29, 0.717) is 31.7 Å². The smallest absolute Gasteiger partial charge is 0.253 e. The molecular formula is C12H15BrN2O3S. The minimum atomic E-state index is -3.16. The van der Waals surface area contributed by atoms with Gasteiger partial charge in [0.1, 0.15) is 0 Å². The first kappa shape index (κ1) is 14.5. The van der Waals surface area contributed by atoms with E-state index in [1.54, 1.807) is 17.0 Å². The Hall–Kier alpha value is -0.920. The first-order valence-corrected chi connectivity index (χ1v) is 8.52. The quantitative estimate of drug-likeness (QED) is 0.807. The maximum atomic E-state index is 12.2. The van der Waals surface area contributed by atoms with Crippen molar-refractivity contribution in [2.75, 3.05) is 32.4 Å². The molecule has 0 radical (unpaired) electrons. The molecule has 1 saturated heterocycles. The van der Waals surface area contributed by atoms with E-state index in [9.17, 15) is 13.2 Å². The summed E-state index contributed by atoms with van der Waals surface area (Å²) in [7, 11) is -3.16. The molecule has 1 fully saturated rings. The van der Waals surface area contributed by atoms with Crippen LogP contribution < -0.4 is 0 Å². The van der Waals surface area contributed by atoms with Gasteiger partial charge in [0.05, 0.1) is 6.26 Å². The molecule has 104 valence electrons. The summed E-state index contributed by atoms with van der Waals surface area (Å²) >= 11 is 3.32. The van der Waals surface area contributed by atoms with Gasteiger partial charge >= 0.3 is 0 Å². The van der Waals surface area contributed by atoms with Gasteiger partial charge in [-0.05, 0) is 24.3 Å². The number of hydrogen-bond donors (Lipinski definition) is 0. The monoisotopic (exact) mass is 346 g/mol. The Morgan fingerprint density at radius 2 is 1.63 bits per heavy atom. The van der Waals surface area contributed by atoms with E-state index >= 15 is 0 Å². The SMILES string of the molecule is CS(=O)(=O)N1CCN(C(=O)c2ccc(Br)cc2)CC1. The molecule has 0 aliphatic carbocycles. The molecule has 0 unspecified atom stereocenters. The van der Waals surface area contributed by atoms with E-state index in [4.69, 9.17) is 0 Å². The van der Waals surface area contributed by atoms with E-state index in [2.05, 4.69) is 15.9 Å². The lowest BCUT2D eigenvalue weighted by Gasteiger charge is -2.33. The lowest BCUT2D eigenvalue weighted by molar-refractivity contribution is 0.0698. The van der Waals surface area contributed by atoms with Crippen LogP contribution in [0.15, 0.2) is 28.7 Å². The minimum absolute atomic E-state index is 0.0550. The van der Waals surface area contributed by atoms with Crippen molar-refractivity contribution in [2.24, 2.45) is 0 Å². The van der Waals surface area contributed by atoms with Crippen molar-refractivity contribution in [3.05, 3.63) is 34.3 Å². The van der Waals surface area contributed by atoms with Gasteiger partial charge < -0.3 is 4.90 Å². The molecule has 7 heteroatoms. The first-order chi connectivity index (χ1) is 8.88. The van der Waals surface area contributed by atoms with Gasteiger partial charge in [-0.25, -0.2) is 8.42 Å². The molecule has 0 N–H and O–H groups in total. The molecule has 5 nitrogen and oxygen atoms in total. The third-order valence-electron chi connectivity index (χ3n) is 3.09. The van der Waals surface area contributed by atoms with Gasteiger partial charge in [0.2, 0.25) is 10.0 Å². The number of halogens is 1. The highest BCUT2D eigenvalue weighted by Crippen LogP contribution is 2.14. The van der Waals surface area contributed by atoms with Crippen molar-refractivity contribution >= 4 is 31.9 Å². The molecule has 0 atom stereocenters. The van der Waals surface area contributed by atoms with Gasteiger partial charge in [0.15, 0.2) is 0 Å². The lowest BCUT2D eigenvalue weighted by atomic mass is 10.2. The largest absolute Gasteiger partial charge is 0.336 e. The molecule has 1 aromatic rings. The molecule has 1 amide bonds. The number of carbonyl (C=O) groups is 1. The third-order valence-corrected chi connectivity index (χ3v) is 4.92. The highest BCUT2D eigenvalue weighted by atomic mass is 79.9. The molecule has 0 spiro atoms. The fourth-order valence-electron chi connectivity index (χ4n) is 2.00. The Morgan fingerprint density at radius 3 is 2.11 bits per heavy atom. The van der Waals surface area contributed by atoms with Crippen LogP contribution >= 0.6 is 15.9 Å². The fourth-order valence-corrected chi connectivity index (χ4v) is 3.09. The zero-order valence-corrected chi connectivity index (χ0v) is 12.9. The number of sulfonamides is 1. The second-order valence-electron chi connectivity index (χ2n) is 4.46. The average Bonchev–Trinajstić information content (AvgIpc) is 2.38. The van der Waals surface area contributed by atoms with Crippen LogP contribution in [0.3, 0.4) is 0 Å². The second kappa shape index (κ2) is 5.60. The summed E-state index contributed by atoms with van der Waals surface area (Å²) in [5, 5.41) is 0. The average molecular weight is 347 g/mol. The van der Waals surface area contributed by atoms with Crippen LogP contribution in [-0.2, 0) is 10.0 Å². The van der Waals surface area contributed by atoms with Crippen molar-refractivity contribution in [1.82, 2.24) is 9.21 Å². The van der Waals surface area contributed by atoms with Gasteiger partial charge in [0, 0.05) is 36.2 Å². The summed E-state index contributed by atoms with van der Waals surface area (Å²) in [6.07, 6.45) is 1.19. The maximum absolute atomic E-state index is 12.2. The van der Waals surface area contributed by atoms with Crippen molar-refractivity contribution in [2.45, 2.75) is 0 Å². The number of amides is 1. The van der Waals surface area contributed by atoms with Crippen LogP contribution in [0.2, 0.25) is 0 Å². The zero-order chi connectivity index (χ0) is 14.0. The summed E-state index contributed by atoms with van der Waals surface area (Å²) in [6.45, 7) is 1.59. The van der Waals surface area contributed by atoms with Crippen LogP contribution in [0.4, 0.5) is 0 Å². The highest BCUT2D eigenvalue weighted by molar-refractivity contribution is 9.10. The number of benzene rings is 1. The number of piperazine rings is 1. The predicted molar refractivity (Wildman–Crippen MR) is 76.5 cm³/mol. The van der Waals surface area contributed by atoms with Gasteiger partial charge in [-0.3, -0.25) is 4.79 Å². The van der Waals surface area contributed by atoms with Crippen LogP contribution in [0, 0.1) is 0 Å². The number of carbonyl (C=O) groups excluding carboxylic acids is 1. The van der Waals surface area contributed by atoms with E-state index in [0.717, 1.165) is 4.47 Å². The number of rotatable bonds is 2. The predicted octanol–water partition coefficient (Wildman–Crippen LogP) is 1.17. The number of nitrogens with zero attached hydrogens (tertiary/aromatic N) is 2. The van der Waals surface area contributed by atoms with Crippen LogP contribution in [0.1, 0.15) is 10.4 Å². The molecule has 0 bridgehead atoms. The Morgan fingerprint density at radius 1 is 1.11 bits per heavy atom. The normalized spacial score (nSPS) is 17.5. The van der Waals surface area contributed by atoms with E-state index in [-0.39, 0.29) is 5.91 Å². The van der Waals surface area contributed by atoms with Crippen molar-refractivity contribution in [1.29, 1.82) is 0 Å². The zero-order valence-electron chi connectivity index (χ0n) is 10.5. The molecule has 1 aromatic carbocycles. The molecule has 19 heavy (non-hydrogen) atoms. The highest BCUT2D eigenvalue weighted by Gasteiger charge is 2.26. The Balaban J connectivity index is 2.02. The fraction of sp³-hybridized carbons (Fsp3) is 0.417. The van der Waals surface area contributed by atoms with Crippen LogP contribution in [0.25, 0.3) is 0 Å². The van der Waals surface area contributed by atoms with E-state index in [1.807, 2.05) is 12.1 Å². The van der Waals surface area contributed by atoms with Crippen molar-refractivity contribution in [3.8, 4) is 0 Å². The van der Waals surface area contributed by atoms with Crippen LogP contribution in [-0.4, -0.2) is 56.0 Å². The summed E-state index contributed by atoms with van der Waals surface area (Å²) in [5.41, 5.74) is 0.621. The summed E-state index contributed by atoms with van der Waals surface area (Å²) in [6, 6.07) is 7.16. The molecule has 0 aromatic heterocycles. The van der Waals surface area contributed by atoms with Crippen molar-refractivity contribution < 1.29 is 13.2 Å². The van der Waals surface area contributed by atoms with Gasteiger partial charge in [0.25, 0.3) is 5.91 Å². The maximum Gasteiger partial charge on any atom is 0.253 e. The molecule has 1 heterocycles. The Kier molecular flexibility index (Phi) is 4.27. The number of hydrogen-bond acceptors (Lipinski definition) is 3. The van der Waals surface area contributed by atoms with Gasteiger partial charge in [-0.1, -0.05) is 15.9 Å². The Labute approximate surface area is 121 Å². The van der Waals surface area contributed by atoms with Crippen molar-refractivity contribution in [3.63, 3.8) is 0 Å². The van der Waals surface area contributed by atoms with E-state index in [1.165, 1.54) is 10.6 Å². The van der Waals surface area contributed by atoms with Gasteiger partial charge in [-0.15, -0.1) is 0 Å². The Bertz CT molecular complexity index is 563. The van der Waals surface area contributed by atoms with Crippen LogP contribution in [0.5, 0.6) is 0 Å². The summed E-state index contributed by atoms with van der Waals surface area (Å²) < 4.78 is 25.1. The first-order valence-electron chi connectivity index (χ1n) is 5.88. The molecule has 0 saturated carbocycles. The standard InChI is InChI=1S/C12H15BrN2O3S/c1-19(17,18)15-8-6-14(7-9-15)12(16)10-2-4-11(13)5-3-10/h2-5H,6-9H2,1H3. The van der Waals surface area contributed by atoms with Gasteiger partial charge in [-0.2, -0.15) is 4.31 Å². The van der Waals surface area contributed by atoms with E-state index < -0.39 is 10.0 Å². The molecule has 2 rings (SSSR count).